The summed E-state index contributed by atoms with van der Waals surface area (Å²) in [5, 5.41) is 4.50. The Morgan fingerprint density at radius 3 is 2.61 bits per heavy atom. The summed E-state index contributed by atoms with van der Waals surface area (Å²) in [4.78, 5) is 36.3. The topological polar surface area (TPSA) is 169 Å². The van der Waals surface area contributed by atoms with Crippen LogP contribution in [0.3, 0.4) is 0 Å². The number of aryl methyl sites for hydroxylation is 1. The molecule has 0 fully saturated rings. The van der Waals surface area contributed by atoms with E-state index in [1.807, 2.05) is 32.9 Å². The van der Waals surface area contributed by atoms with Crippen molar-refractivity contribution in [1.82, 2.24) is 15.0 Å². The molecule has 1 atom stereocenters. The first-order valence-corrected chi connectivity index (χ1v) is 14.5. The highest BCUT2D eigenvalue weighted by molar-refractivity contribution is 8.01. The lowest BCUT2D eigenvalue weighted by molar-refractivity contribution is -0.123. The lowest BCUT2D eigenvalue weighted by atomic mass is 10.2. The third-order valence-corrected chi connectivity index (χ3v) is 7.80. The Balaban J connectivity index is 1.70. The number of anilines is 2. The molecule has 0 saturated heterocycles. The third kappa shape index (κ3) is 7.78. The largest absolute Gasteiger partial charge is 0.491 e. The molecule has 2 amide bonds. The first-order chi connectivity index (χ1) is 16.9. The number of ether oxygens (including phenoxy) is 1. The molecule has 3 rings (SSSR count). The van der Waals surface area contributed by atoms with Crippen LogP contribution in [0.15, 0.2) is 40.0 Å². The highest BCUT2D eigenvalue weighted by Crippen LogP contribution is 2.39. The summed E-state index contributed by atoms with van der Waals surface area (Å²) in [5.41, 5.74) is 7.43. The van der Waals surface area contributed by atoms with E-state index in [0.29, 0.717) is 33.3 Å². The Bertz CT molecular complexity index is 1320. The number of H-pyrrole nitrogens is 1. The maximum atomic E-state index is 12.6. The Kier molecular flexibility index (Phi) is 9.11. The first kappa shape index (κ1) is 27.6. The van der Waals surface area contributed by atoms with E-state index < -0.39 is 33.4 Å². The van der Waals surface area contributed by atoms with Gasteiger partial charge >= 0.3 is 0 Å². The van der Waals surface area contributed by atoms with Crippen molar-refractivity contribution in [1.29, 1.82) is 0 Å². The van der Waals surface area contributed by atoms with E-state index >= 15 is 0 Å². The number of hydrogen-bond donors (Lipinski definition) is 4. The molecule has 194 valence electrons. The number of nitrogens with two attached hydrogens (primary N) is 1. The van der Waals surface area contributed by atoms with Crippen LogP contribution >= 0.6 is 23.1 Å². The van der Waals surface area contributed by atoms with E-state index in [2.05, 4.69) is 25.6 Å². The predicted octanol–water partition coefficient (Wildman–Crippen LogP) is 3.33. The molecule has 2 aromatic heterocycles. The summed E-state index contributed by atoms with van der Waals surface area (Å²) >= 11 is 2.18. The summed E-state index contributed by atoms with van der Waals surface area (Å²) in [5.74, 6) is -0.335. The van der Waals surface area contributed by atoms with Crippen molar-refractivity contribution in [3.8, 4) is 5.75 Å². The van der Waals surface area contributed by atoms with Gasteiger partial charge in [0.15, 0.2) is 25.5 Å². The predicted molar refractivity (Wildman–Crippen MR) is 140 cm³/mol. The molecular weight excluding hydrogens is 524 g/mol. The van der Waals surface area contributed by atoms with Crippen LogP contribution in [0.1, 0.15) is 36.9 Å². The van der Waals surface area contributed by atoms with Gasteiger partial charge in [0.25, 0.3) is 0 Å². The van der Waals surface area contributed by atoms with Gasteiger partial charge in [0.2, 0.25) is 11.8 Å². The molecule has 1 unspecified atom stereocenters. The minimum atomic E-state index is -3.65. The second-order valence-electron chi connectivity index (χ2n) is 8.42. The van der Waals surface area contributed by atoms with Gasteiger partial charge in [-0.1, -0.05) is 31.3 Å². The van der Waals surface area contributed by atoms with E-state index in [-0.39, 0.29) is 10.8 Å². The fourth-order valence-electron chi connectivity index (χ4n) is 2.83. The molecule has 0 spiro atoms. The fraction of sp³-hybridized carbons (Fsp3) is 0.364. The minimum absolute atomic E-state index is 0.0928. The van der Waals surface area contributed by atoms with Crippen molar-refractivity contribution >= 4 is 55.6 Å². The molecule has 0 bridgehead atoms. The number of nitrogens with zero attached hydrogens (tertiary/aromatic N) is 2. The molecule has 0 aliphatic carbocycles. The van der Waals surface area contributed by atoms with Gasteiger partial charge in [-0.25, -0.2) is 18.4 Å². The van der Waals surface area contributed by atoms with Crippen LogP contribution in [0.2, 0.25) is 0 Å². The van der Waals surface area contributed by atoms with Gasteiger partial charge in [0, 0.05) is 18.6 Å². The van der Waals surface area contributed by atoms with Gasteiger partial charge in [0.1, 0.15) is 17.9 Å². The van der Waals surface area contributed by atoms with Crippen LogP contribution in [0.4, 0.5) is 10.8 Å². The third-order valence-electron chi connectivity index (χ3n) is 4.56. The Morgan fingerprint density at radius 1 is 1.25 bits per heavy atom. The standard InChI is InChI=1S/C22H28N6O5S3/c1-12(2)11-33-15-9-13(3)5-6-14(15)26-16(29)10-17(30)27-22-28-18(19(23)36(4,31)32)20(35-22)34-21-24-7-8-25-21/h5-9,12,19H,10-11,23H2,1-4H3,(H,24,25)(H,26,29)(H,27,28,30). The number of amides is 2. The van der Waals surface area contributed by atoms with Gasteiger partial charge in [0.05, 0.1) is 16.5 Å². The van der Waals surface area contributed by atoms with E-state index in [1.165, 1.54) is 0 Å². The Morgan fingerprint density at radius 2 is 1.97 bits per heavy atom. The average Bonchev–Trinajstić information content (AvgIpc) is 3.42. The number of sulfone groups is 1. The second kappa shape index (κ2) is 11.9. The average molecular weight is 553 g/mol. The number of nitrogens with one attached hydrogen (secondary N) is 3. The quantitative estimate of drug-likeness (QED) is 0.261. The maximum absolute atomic E-state index is 12.6. The molecular formula is C22H28N6O5S3. The number of imidazole rings is 1. The van der Waals surface area contributed by atoms with Crippen LogP contribution in [-0.4, -0.2) is 48.0 Å². The monoisotopic (exact) mass is 552 g/mol. The van der Waals surface area contributed by atoms with Crippen LogP contribution < -0.4 is 21.1 Å². The van der Waals surface area contributed by atoms with Crippen LogP contribution in [0.5, 0.6) is 5.75 Å². The molecule has 0 saturated carbocycles. The SMILES string of the molecule is Cc1ccc(NC(=O)CC(=O)Nc2nc(C(N)S(C)(=O)=O)c(Sc3ncc[nH]3)s2)c(OCC(C)C)c1. The molecule has 0 aliphatic rings. The first-order valence-electron chi connectivity index (χ1n) is 10.9. The molecule has 0 aliphatic heterocycles. The molecule has 36 heavy (non-hydrogen) atoms. The van der Waals surface area contributed by atoms with E-state index in [1.54, 1.807) is 18.5 Å². The van der Waals surface area contributed by atoms with Crippen LogP contribution in [0, 0.1) is 12.8 Å². The van der Waals surface area contributed by atoms with Crippen molar-refractivity contribution in [2.45, 2.75) is 41.9 Å². The number of thiazole rings is 1. The number of aromatic nitrogens is 3. The van der Waals surface area contributed by atoms with Crippen LogP contribution in [0.25, 0.3) is 0 Å². The van der Waals surface area contributed by atoms with Gasteiger partial charge in [-0.15, -0.1) is 0 Å². The Labute approximate surface area is 217 Å². The lowest BCUT2D eigenvalue weighted by Gasteiger charge is -2.14. The smallest absolute Gasteiger partial charge is 0.235 e. The molecule has 14 heteroatoms. The highest BCUT2D eigenvalue weighted by atomic mass is 32.2. The van der Waals surface area contributed by atoms with Crippen molar-refractivity contribution in [3.63, 3.8) is 0 Å². The van der Waals surface area contributed by atoms with Gasteiger partial charge in [-0.2, -0.15) is 0 Å². The fourth-order valence-corrected chi connectivity index (χ4v) is 5.65. The van der Waals surface area contributed by atoms with E-state index in [4.69, 9.17) is 10.5 Å². The molecule has 0 radical (unpaired) electrons. The summed E-state index contributed by atoms with van der Waals surface area (Å²) < 4.78 is 30.3. The number of rotatable bonds is 11. The number of carbonyl (C=O) groups is 2. The Hall–Kier alpha value is -2.94. The van der Waals surface area contributed by atoms with Gasteiger partial charge < -0.3 is 26.1 Å². The minimum Gasteiger partial charge on any atom is -0.491 e. The molecule has 2 heterocycles. The molecule has 3 aromatic rings. The normalized spacial score (nSPS) is 12.4. The van der Waals surface area contributed by atoms with E-state index in [9.17, 15) is 18.0 Å². The number of carbonyl (C=O) groups excluding carboxylic acids is 2. The number of hydrogen-bond acceptors (Lipinski definition) is 10. The van der Waals surface area contributed by atoms with Crippen molar-refractivity contribution in [3.05, 3.63) is 41.9 Å². The molecule has 1 aromatic carbocycles. The summed E-state index contributed by atoms with van der Waals surface area (Å²) in [6.45, 7) is 6.43. The number of benzene rings is 1. The maximum Gasteiger partial charge on any atom is 0.235 e. The lowest BCUT2D eigenvalue weighted by Crippen LogP contribution is -2.23. The van der Waals surface area contributed by atoms with Crippen molar-refractivity contribution in [2.24, 2.45) is 11.7 Å². The van der Waals surface area contributed by atoms with Crippen molar-refractivity contribution in [2.75, 3.05) is 23.5 Å². The van der Waals surface area contributed by atoms with Gasteiger partial charge in [-0.3, -0.25) is 9.59 Å². The van der Waals surface area contributed by atoms with E-state index in [0.717, 1.165) is 34.9 Å². The second-order valence-corrected chi connectivity index (χ2v) is 12.8. The molecule has 5 N–H and O–H groups in total. The van der Waals surface area contributed by atoms with Gasteiger partial charge in [-0.05, 0) is 42.3 Å². The zero-order valence-corrected chi connectivity index (χ0v) is 22.6. The number of aromatic amines is 1. The zero-order chi connectivity index (χ0) is 26.5. The summed E-state index contributed by atoms with van der Waals surface area (Å²) in [6, 6.07) is 5.37. The summed E-state index contributed by atoms with van der Waals surface area (Å²) in [7, 11) is -3.65. The zero-order valence-electron chi connectivity index (χ0n) is 20.2. The summed E-state index contributed by atoms with van der Waals surface area (Å²) in [6.07, 6.45) is 3.69. The highest BCUT2D eigenvalue weighted by Gasteiger charge is 2.27. The van der Waals surface area contributed by atoms with Crippen molar-refractivity contribution < 1.29 is 22.7 Å². The van der Waals surface area contributed by atoms with Crippen LogP contribution in [-0.2, 0) is 19.4 Å². The molecule has 11 nitrogen and oxygen atoms in total.